The highest BCUT2D eigenvalue weighted by molar-refractivity contribution is 5.77. The number of hydrogen-bond donors (Lipinski definition) is 1. The molecule has 0 spiro atoms. The molecule has 7 heteroatoms. The highest BCUT2D eigenvalue weighted by atomic mass is 19.4. The Balaban J connectivity index is 1.73. The predicted molar refractivity (Wildman–Crippen MR) is 58.0 cm³/mol. The van der Waals surface area contributed by atoms with Gasteiger partial charge in [-0.25, -0.2) is 0 Å². The fourth-order valence-electron chi connectivity index (χ4n) is 2.62. The van der Waals surface area contributed by atoms with E-state index in [0.717, 1.165) is 19.4 Å². The number of nitrogens with zero attached hydrogens (tertiary/aromatic N) is 1. The lowest BCUT2D eigenvalue weighted by atomic mass is 9.93. The summed E-state index contributed by atoms with van der Waals surface area (Å²) in [6.45, 7) is 0.348. The summed E-state index contributed by atoms with van der Waals surface area (Å²) in [5.41, 5.74) is 0. The van der Waals surface area contributed by atoms with Crippen LogP contribution >= 0.6 is 0 Å². The summed E-state index contributed by atoms with van der Waals surface area (Å²) >= 11 is 0. The van der Waals surface area contributed by atoms with Crippen molar-refractivity contribution in [3.63, 3.8) is 0 Å². The zero-order valence-electron chi connectivity index (χ0n) is 10.0. The number of likely N-dealkylation sites (tertiary alicyclic amines) is 1. The van der Waals surface area contributed by atoms with E-state index in [1.165, 1.54) is 0 Å². The summed E-state index contributed by atoms with van der Waals surface area (Å²) in [6.07, 6.45) is -2.48. The number of carbonyl (C=O) groups is 1. The van der Waals surface area contributed by atoms with Crippen molar-refractivity contribution in [2.75, 3.05) is 32.8 Å². The van der Waals surface area contributed by atoms with Crippen LogP contribution < -0.4 is 5.32 Å². The molecule has 2 unspecified atom stereocenters. The quantitative estimate of drug-likeness (QED) is 0.820. The number of rotatable bonds is 3. The van der Waals surface area contributed by atoms with Gasteiger partial charge in [0.2, 0.25) is 5.91 Å². The molecule has 104 valence electrons. The molecule has 2 aliphatic heterocycles. The van der Waals surface area contributed by atoms with Gasteiger partial charge in [0.1, 0.15) is 13.2 Å². The van der Waals surface area contributed by atoms with E-state index in [1.807, 2.05) is 0 Å². The molecular formula is C11H17F3N2O2. The lowest BCUT2D eigenvalue weighted by molar-refractivity contribution is -0.178. The van der Waals surface area contributed by atoms with Crippen molar-refractivity contribution in [3.05, 3.63) is 0 Å². The lowest BCUT2D eigenvalue weighted by Crippen LogP contribution is -2.48. The van der Waals surface area contributed by atoms with Crippen LogP contribution in [0.1, 0.15) is 12.8 Å². The monoisotopic (exact) mass is 266 g/mol. The van der Waals surface area contributed by atoms with E-state index in [4.69, 9.17) is 0 Å². The average molecular weight is 266 g/mol. The van der Waals surface area contributed by atoms with E-state index in [9.17, 15) is 18.0 Å². The van der Waals surface area contributed by atoms with Crippen LogP contribution in [0.25, 0.3) is 0 Å². The smallest absolute Gasteiger partial charge is 0.362 e. The molecule has 2 heterocycles. The van der Waals surface area contributed by atoms with E-state index < -0.39 is 19.4 Å². The van der Waals surface area contributed by atoms with E-state index in [0.29, 0.717) is 25.0 Å². The maximum atomic E-state index is 11.9. The predicted octanol–water partition coefficient (Wildman–Crippen LogP) is 0.776. The van der Waals surface area contributed by atoms with Gasteiger partial charge in [0.15, 0.2) is 0 Å². The maximum absolute atomic E-state index is 11.9. The molecule has 1 amide bonds. The Morgan fingerprint density at radius 3 is 2.89 bits per heavy atom. The first-order valence-corrected chi connectivity index (χ1v) is 6.11. The van der Waals surface area contributed by atoms with Gasteiger partial charge >= 0.3 is 6.18 Å². The van der Waals surface area contributed by atoms with Crippen LogP contribution in [0, 0.1) is 5.92 Å². The molecule has 0 aliphatic carbocycles. The van der Waals surface area contributed by atoms with Crippen LogP contribution in [0.2, 0.25) is 0 Å². The Kier molecular flexibility index (Phi) is 4.11. The molecule has 1 N–H and O–H groups in total. The summed E-state index contributed by atoms with van der Waals surface area (Å²) in [5, 5.41) is 3.36. The number of carbonyl (C=O) groups excluding carboxylic acids is 1. The van der Waals surface area contributed by atoms with Gasteiger partial charge in [-0.3, -0.25) is 4.79 Å². The second kappa shape index (κ2) is 5.44. The second-order valence-corrected chi connectivity index (χ2v) is 4.85. The maximum Gasteiger partial charge on any atom is 0.411 e. The van der Waals surface area contributed by atoms with Gasteiger partial charge in [-0.15, -0.1) is 0 Å². The van der Waals surface area contributed by atoms with Gasteiger partial charge in [0.25, 0.3) is 0 Å². The number of halogens is 3. The summed E-state index contributed by atoms with van der Waals surface area (Å²) in [6, 6.07) is 0.463. The zero-order chi connectivity index (χ0) is 13.2. The minimum absolute atomic E-state index is 0.343. The fourth-order valence-corrected chi connectivity index (χ4v) is 2.62. The summed E-state index contributed by atoms with van der Waals surface area (Å²) in [5.74, 6) is 0.0925. The molecular weight excluding hydrogens is 249 g/mol. The summed E-state index contributed by atoms with van der Waals surface area (Å²) < 4.78 is 40.0. The molecule has 2 saturated heterocycles. The van der Waals surface area contributed by atoms with Gasteiger partial charge < -0.3 is 15.0 Å². The normalized spacial score (nSPS) is 28.3. The number of hydrogen-bond acceptors (Lipinski definition) is 3. The number of amides is 1. The number of alkyl halides is 3. The zero-order valence-corrected chi connectivity index (χ0v) is 10.0. The molecule has 0 aromatic heterocycles. The second-order valence-electron chi connectivity index (χ2n) is 4.85. The van der Waals surface area contributed by atoms with Crippen molar-refractivity contribution in [1.29, 1.82) is 0 Å². The molecule has 2 aliphatic rings. The van der Waals surface area contributed by atoms with Gasteiger partial charge in [0.05, 0.1) is 0 Å². The summed E-state index contributed by atoms with van der Waals surface area (Å²) in [7, 11) is 0. The third-order valence-corrected chi connectivity index (χ3v) is 3.50. The van der Waals surface area contributed by atoms with Gasteiger partial charge in [-0.1, -0.05) is 0 Å². The standard InChI is InChI=1S/C11H17F3N2O2/c12-11(13,14)7-18-6-10(17)16-4-2-9-8(5-16)1-3-15-9/h8-9,15H,1-7H2. The largest absolute Gasteiger partial charge is 0.411 e. The van der Waals surface area contributed by atoms with Crippen LogP contribution in [-0.4, -0.2) is 55.9 Å². The third-order valence-electron chi connectivity index (χ3n) is 3.50. The molecule has 0 saturated carbocycles. The fraction of sp³-hybridized carbons (Fsp3) is 0.909. The van der Waals surface area contributed by atoms with Crippen molar-refractivity contribution < 1.29 is 22.7 Å². The average Bonchev–Trinajstić information content (AvgIpc) is 2.73. The van der Waals surface area contributed by atoms with Gasteiger partial charge in [-0.2, -0.15) is 13.2 Å². The number of ether oxygens (including phenoxy) is 1. The SMILES string of the molecule is O=C(COCC(F)(F)F)N1CCC2NCCC2C1. The van der Waals surface area contributed by atoms with Crippen LogP contribution in [0.4, 0.5) is 13.2 Å². The van der Waals surface area contributed by atoms with E-state index in [1.54, 1.807) is 4.90 Å². The van der Waals surface area contributed by atoms with Crippen LogP contribution in [0.3, 0.4) is 0 Å². The Hall–Kier alpha value is -0.820. The highest BCUT2D eigenvalue weighted by Gasteiger charge is 2.34. The molecule has 0 aromatic rings. The van der Waals surface area contributed by atoms with E-state index >= 15 is 0 Å². The molecule has 2 atom stereocenters. The van der Waals surface area contributed by atoms with Crippen molar-refractivity contribution in [2.45, 2.75) is 25.1 Å². The molecule has 4 nitrogen and oxygen atoms in total. The first-order chi connectivity index (χ1) is 8.46. The first kappa shape index (κ1) is 13.6. The topological polar surface area (TPSA) is 41.6 Å². The Labute approximate surface area is 103 Å². The highest BCUT2D eigenvalue weighted by Crippen LogP contribution is 2.24. The van der Waals surface area contributed by atoms with E-state index in [2.05, 4.69) is 10.1 Å². The first-order valence-electron chi connectivity index (χ1n) is 6.11. The van der Waals surface area contributed by atoms with Gasteiger partial charge in [0, 0.05) is 19.1 Å². The molecule has 2 fully saturated rings. The molecule has 0 bridgehead atoms. The molecule has 0 radical (unpaired) electrons. The molecule has 0 aromatic carbocycles. The number of fused-ring (bicyclic) bond motifs is 1. The van der Waals surface area contributed by atoms with E-state index in [-0.39, 0.29) is 5.91 Å². The minimum Gasteiger partial charge on any atom is -0.362 e. The third kappa shape index (κ3) is 3.58. The number of nitrogens with one attached hydrogen (secondary N) is 1. The summed E-state index contributed by atoms with van der Waals surface area (Å²) in [4.78, 5) is 13.3. The Bertz CT molecular complexity index is 309. The molecule has 18 heavy (non-hydrogen) atoms. The number of piperidine rings is 1. The minimum atomic E-state index is -4.37. The van der Waals surface area contributed by atoms with Crippen LogP contribution in [0.15, 0.2) is 0 Å². The van der Waals surface area contributed by atoms with Crippen molar-refractivity contribution in [2.24, 2.45) is 5.92 Å². The van der Waals surface area contributed by atoms with Crippen LogP contribution in [-0.2, 0) is 9.53 Å². The molecule has 2 rings (SSSR count). The Morgan fingerprint density at radius 2 is 2.17 bits per heavy atom. The van der Waals surface area contributed by atoms with Crippen molar-refractivity contribution >= 4 is 5.91 Å². The Morgan fingerprint density at radius 1 is 1.39 bits per heavy atom. The van der Waals surface area contributed by atoms with Gasteiger partial charge in [-0.05, 0) is 25.3 Å². The van der Waals surface area contributed by atoms with Crippen LogP contribution in [0.5, 0.6) is 0 Å². The van der Waals surface area contributed by atoms with Crippen molar-refractivity contribution in [1.82, 2.24) is 10.2 Å². The lowest BCUT2D eigenvalue weighted by Gasteiger charge is -2.34. The van der Waals surface area contributed by atoms with Crippen molar-refractivity contribution in [3.8, 4) is 0 Å².